The summed E-state index contributed by atoms with van der Waals surface area (Å²) in [5, 5.41) is 19.5. The summed E-state index contributed by atoms with van der Waals surface area (Å²) in [5.74, 6) is -0.705. The van der Waals surface area contributed by atoms with Gasteiger partial charge >= 0.3 is 0 Å². The quantitative estimate of drug-likeness (QED) is 0.566. The van der Waals surface area contributed by atoms with Crippen molar-refractivity contribution < 1.29 is 14.5 Å². The zero-order chi connectivity index (χ0) is 19.7. The van der Waals surface area contributed by atoms with Gasteiger partial charge in [0.05, 0.1) is 22.7 Å². The molecule has 8 nitrogen and oxygen atoms in total. The minimum atomic E-state index is -0.722. The Bertz CT molecular complexity index is 955. The van der Waals surface area contributed by atoms with E-state index >= 15 is 0 Å². The predicted octanol–water partition coefficient (Wildman–Crippen LogP) is 3.28. The van der Waals surface area contributed by atoms with E-state index in [9.17, 15) is 19.7 Å². The summed E-state index contributed by atoms with van der Waals surface area (Å²) >= 11 is 0. The molecule has 0 aliphatic carbocycles. The second kappa shape index (κ2) is 7.06. The summed E-state index contributed by atoms with van der Waals surface area (Å²) in [4.78, 5) is 35.1. The summed E-state index contributed by atoms with van der Waals surface area (Å²) in [5.41, 5.74) is 4.35. The van der Waals surface area contributed by atoms with Gasteiger partial charge in [0.2, 0.25) is 11.8 Å². The van der Waals surface area contributed by atoms with Gasteiger partial charge in [-0.25, -0.2) is 0 Å². The molecule has 0 radical (unpaired) electrons. The Labute approximate surface area is 156 Å². The number of amides is 2. The average Bonchev–Trinajstić information content (AvgIpc) is 2.59. The Morgan fingerprint density at radius 2 is 1.78 bits per heavy atom. The number of aryl methyl sites for hydroxylation is 3. The minimum absolute atomic E-state index is 0.0684. The number of hydrogen-bond donors (Lipinski definition) is 3. The molecule has 0 spiro atoms. The average molecular weight is 368 g/mol. The third kappa shape index (κ3) is 3.89. The third-order valence-electron chi connectivity index (χ3n) is 4.62. The van der Waals surface area contributed by atoms with E-state index in [1.54, 1.807) is 19.1 Å². The van der Waals surface area contributed by atoms with Crippen LogP contribution in [0.2, 0.25) is 0 Å². The molecule has 1 heterocycles. The first-order valence-electron chi connectivity index (χ1n) is 8.48. The lowest BCUT2D eigenvalue weighted by Gasteiger charge is -2.27. The number of carbonyl (C=O) groups is 2. The lowest BCUT2D eigenvalue weighted by atomic mass is 10.0. The van der Waals surface area contributed by atoms with E-state index < -0.39 is 16.9 Å². The SMILES string of the molecule is Cc1cc2c(cc1C)N[C@H](CC(=O)Nc1ccc(C)c([N+](=O)[O-])c1)C(=O)N2. The maximum Gasteiger partial charge on any atom is 0.274 e. The first-order valence-corrected chi connectivity index (χ1v) is 8.48. The van der Waals surface area contributed by atoms with Crippen LogP contribution in [-0.4, -0.2) is 22.8 Å². The molecule has 0 aromatic heterocycles. The normalized spacial score (nSPS) is 15.4. The van der Waals surface area contributed by atoms with Crippen molar-refractivity contribution in [3.05, 3.63) is 57.1 Å². The van der Waals surface area contributed by atoms with Crippen molar-refractivity contribution >= 4 is 34.6 Å². The molecule has 0 fully saturated rings. The molecule has 27 heavy (non-hydrogen) atoms. The number of carbonyl (C=O) groups excluding carboxylic acids is 2. The monoisotopic (exact) mass is 368 g/mol. The van der Waals surface area contributed by atoms with Crippen molar-refractivity contribution in [3.63, 3.8) is 0 Å². The maximum atomic E-state index is 12.3. The van der Waals surface area contributed by atoms with E-state index in [1.165, 1.54) is 6.07 Å². The maximum absolute atomic E-state index is 12.3. The van der Waals surface area contributed by atoms with Gasteiger partial charge in [0.25, 0.3) is 5.69 Å². The van der Waals surface area contributed by atoms with Crippen molar-refractivity contribution in [1.29, 1.82) is 0 Å². The predicted molar refractivity (Wildman–Crippen MR) is 103 cm³/mol. The Balaban J connectivity index is 1.71. The van der Waals surface area contributed by atoms with Gasteiger partial charge in [-0.3, -0.25) is 19.7 Å². The molecule has 1 aliphatic heterocycles. The molecule has 3 N–H and O–H groups in total. The van der Waals surface area contributed by atoms with Crippen LogP contribution < -0.4 is 16.0 Å². The molecule has 1 aliphatic rings. The number of benzene rings is 2. The van der Waals surface area contributed by atoms with Gasteiger partial charge in [-0.2, -0.15) is 0 Å². The lowest BCUT2D eigenvalue weighted by Crippen LogP contribution is -2.41. The zero-order valence-corrected chi connectivity index (χ0v) is 15.3. The van der Waals surface area contributed by atoms with Crippen molar-refractivity contribution in [2.24, 2.45) is 0 Å². The fourth-order valence-corrected chi connectivity index (χ4v) is 2.94. The number of nitro benzene ring substituents is 1. The van der Waals surface area contributed by atoms with Crippen LogP contribution in [0.3, 0.4) is 0 Å². The van der Waals surface area contributed by atoms with Crippen LogP contribution in [0.5, 0.6) is 0 Å². The summed E-state index contributed by atoms with van der Waals surface area (Å²) in [6.07, 6.45) is -0.0973. The summed E-state index contributed by atoms with van der Waals surface area (Å²) < 4.78 is 0. The Kier molecular flexibility index (Phi) is 4.81. The fraction of sp³-hybridized carbons (Fsp3) is 0.263. The zero-order valence-electron chi connectivity index (χ0n) is 15.3. The van der Waals surface area contributed by atoms with Crippen molar-refractivity contribution in [2.45, 2.75) is 33.2 Å². The molecular weight excluding hydrogens is 348 g/mol. The Hall–Kier alpha value is -3.42. The lowest BCUT2D eigenvalue weighted by molar-refractivity contribution is -0.385. The van der Waals surface area contributed by atoms with Crippen LogP contribution >= 0.6 is 0 Å². The topological polar surface area (TPSA) is 113 Å². The Morgan fingerprint density at radius 1 is 1.11 bits per heavy atom. The molecule has 2 aromatic carbocycles. The van der Waals surface area contributed by atoms with Crippen molar-refractivity contribution in [2.75, 3.05) is 16.0 Å². The summed E-state index contributed by atoms with van der Waals surface area (Å²) in [6.45, 7) is 5.56. The van der Waals surface area contributed by atoms with E-state index in [0.717, 1.165) is 16.8 Å². The Morgan fingerprint density at radius 3 is 2.44 bits per heavy atom. The van der Waals surface area contributed by atoms with E-state index in [-0.39, 0.29) is 18.0 Å². The molecule has 0 saturated carbocycles. The number of nitrogens with zero attached hydrogens (tertiary/aromatic N) is 1. The van der Waals surface area contributed by atoms with Crippen LogP contribution in [0.15, 0.2) is 30.3 Å². The molecule has 0 bridgehead atoms. The van der Waals surface area contributed by atoms with Crippen LogP contribution in [0.4, 0.5) is 22.7 Å². The minimum Gasteiger partial charge on any atom is -0.372 e. The highest BCUT2D eigenvalue weighted by molar-refractivity contribution is 6.06. The fourth-order valence-electron chi connectivity index (χ4n) is 2.94. The second-order valence-electron chi connectivity index (χ2n) is 6.68. The van der Waals surface area contributed by atoms with Crippen LogP contribution in [-0.2, 0) is 9.59 Å². The van der Waals surface area contributed by atoms with Crippen LogP contribution in [0, 0.1) is 30.9 Å². The van der Waals surface area contributed by atoms with Gasteiger partial charge in [-0.15, -0.1) is 0 Å². The van der Waals surface area contributed by atoms with Gasteiger partial charge in [-0.05, 0) is 50.1 Å². The highest BCUT2D eigenvalue weighted by Gasteiger charge is 2.28. The molecule has 2 amide bonds. The first kappa shape index (κ1) is 18.4. The number of anilines is 3. The van der Waals surface area contributed by atoms with E-state index in [0.29, 0.717) is 16.9 Å². The molecule has 140 valence electrons. The molecule has 8 heteroatoms. The van der Waals surface area contributed by atoms with Crippen LogP contribution in [0.1, 0.15) is 23.1 Å². The van der Waals surface area contributed by atoms with E-state index in [4.69, 9.17) is 0 Å². The number of nitro groups is 1. The van der Waals surface area contributed by atoms with Gasteiger partial charge in [0, 0.05) is 17.3 Å². The molecule has 1 atom stereocenters. The van der Waals surface area contributed by atoms with Gasteiger partial charge in [-0.1, -0.05) is 6.07 Å². The standard InChI is InChI=1S/C19H20N4O4/c1-10-4-5-13(8-17(10)23(26)27)20-18(24)9-16-19(25)22-15-7-12(3)11(2)6-14(15)21-16/h4-8,16,21H,9H2,1-3H3,(H,20,24)(H,22,25)/t16-/m1/s1. The molecule has 0 unspecified atom stereocenters. The first-order chi connectivity index (χ1) is 12.7. The molecular formula is C19H20N4O4. The molecule has 0 saturated heterocycles. The third-order valence-corrected chi connectivity index (χ3v) is 4.62. The van der Waals surface area contributed by atoms with Crippen LogP contribution in [0.25, 0.3) is 0 Å². The number of nitrogens with one attached hydrogen (secondary N) is 3. The van der Waals surface area contributed by atoms with Crippen molar-refractivity contribution in [3.8, 4) is 0 Å². The molecule has 2 aromatic rings. The van der Waals surface area contributed by atoms with Crippen molar-refractivity contribution in [1.82, 2.24) is 0 Å². The summed E-state index contributed by atoms with van der Waals surface area (Å²) in [6, 6.07) is 7.56. The number of hydrogen-bond acceptors (Lipinski definition) is 5. The van der Waals surface area contributed by atoms with E-state index in [1.807, 2.05) is 26.0 Å². The van der Waals surface area contributed by atoms with Gasteiger partial charge in [0.1, 0.15) is 6.04 Å². The van der Waals surface area contributed by atoms with Gasteiger partial charge in [0.15, 0.2) is 0 Å². The summed E-state index contributed by atoms with van der Waals surface area (Å²) in [7, 11) is 0. The number of rotatable bonds is 4. The van der Waals surface area contributed by atoms with Gasteiger partial charge < -0.3 is 16.0 Å². The molecule has 3 rings (SSSR count). The highest BCUT2D eigenvalue weighted by atomic mass is 16.6. The van der Waals surface area contributed by atoms with E-state index in [2.05, 4.69) is 16.0 Å². The number of fused-ring (bicyclic) bond motifs is 1. The smallest absolute Gasteiger partial charge is 0.274 e. The highest BCUT2D eigenvalue weighted by Crippen LogP contribution is 2.30. The largest absolute Gasteiger partial charge is 0.372 e. The second-order valence-corrected chi connectivity index (χ2v) is 6.68.